The maximum Gasteiger partial charge on any atom is 0.126 e. The highest BCUT2D eigenvalue weighted by molar-refractivity contribution is 14.1. The number of hydrogen-bond acceptors (Lipinski definition) is 2. The lowest BCUT2D eigenvalue weighted by molar-refractivity contribution is 0.600. The van der Waals surface area contributed by atoms with E-state index < -0.39 is 0 Å². The van der Waals surface area contributed by atoms with Crippen molar-refractivity contribution < 1.29 is 0 Å². The van der Waals surface area contributed by atoms with Gasteiger partial charge in [-0.2, -0.15) is 5.10 Å². The quantitative estimate of drug-likeness (QED) is 0.537. The fourth-order valence-corrected chi connectivity index (χ4v) is 2.62. The Morgan fingerprint density at radius 1 is 1.62 bits per heavy atom. The molecule has 4 heteroatoms. The van der Waals surface area contributed by atoms with Crippen LogP contribution in [0.2, 0.25) is 0 Å². The summed E-state index contributed by atoms with van der Waals surface area (Å²) in [6, 6.07) is 2.16. The Morgan fingerprint density at radius 3 is 3.15 bits per heavy atom. The molecule has 3 nitrogen and oxygen atoms in total. The van der Waals surface area contributed by atoms with E-state index in [1.165, 1.54) is 12.2 Å². The first kappa shape index (κ1) is 9.30. The maximum absolute atomic E-state index is 4.47. The number of aromatic nitrogens is 2. The van der Waals surface area contributed by atoms with Crippen LogP contribution in [-0.2, 0) is 6.54 Å². The average Bonchev–Trinajstić information content (AvgIpc) is 2.38. The second-order valence-electron chi connectivity index (χ2n) is 3.63. The summed E-state index contributed by atoms with van der Waals surface area (Å²) in [6.07, 6.45) is 1.22. The van der Waals surface area contributed by atoms with Crippen LogP contribution in [-0.4, -0.2) is 27.3 Å². The summed E-state index contributed by atoms with van der Waals surface area (Å²) < 4.78 is 2.86. The Bertz CT molecular complexity index is 308. The first-order valence-corrected chi connectivity index (χ1v) is 5.81. The maximum atomic E-state index is 4.47. The first-order valence-electron chi connectivity index (χ1n) is 4.56. The molecule has 0 saturated carbocycles. The summed E-state index contributed by atoms with van der Waals surface area (Å²) in [5.41, 5.74) is 1.12. The smallest absolute Gasteiger partial charge is 0.126 e. The number of anilines is 1. The molecule has 0 aliphatic carbocycles. The third-order valence-electron chi connectivity index (χ3n) is 2.40. The van der Waals surface area contributed by atoms with E-state index in [-0.39, 0.29) is 0 Å². The minimum absolute atomic E-state index is 0.740. The van der Waals surface area contributed by atoms with Gasteiger partial charge in [-0.1, -0.05) is 22.6 Å². The lowest BCUT2D eigenvalue weighted by Crippen LogP contribution is -2.24. The van der Waals surface area contributed by atoms with Crippen LogP contribution in [0.1, 0.15) is 12.1 Å². The van der Waals surface area contributed by atoms with Crippen LogP contribution in [0.3, 0.4) is 0 Å². The summed E-state index contributed by atoms with van der Waals surface area (Å²) >= 11 is 2.52. The fourth-order valence-electron chi connectivity index (χ4n) is 1.75. The molecule has 0 fully saturated rings. The molecule has 0 amide bonds. The molecule has 0 radical (unpaired) electrons. The molecule has 72 valence electrons. The largest absolute Gasteiger partial charge is 0.359 e. The molecule has 2 heterocycles. The normalized spacial score (nSPS) is 22.7. The van der Waals surface area contributed by atoms with E-state index in [1.807, 2.05) is 0 Å². The molecule has 0 spiro atoms. The van der Waals surface area contributed by atoms with Crippen molar-refractivity contribution in [1.29, 1.82) is 0 Å². The SMILES string of the molecule is Cc1cc2n(n1)CCC(I)CN2C. The molecule has 1 aromatic rings. The molecule has 1 aliphatic heterocycles. The molecule has 0 saturated heterocycles. The van der Waals surface area contributed by atoms with Gasteiger partial charge in [0.25, 0.3) is 0 Å². The third-order valence-corrected chi connectivity index (χ3v) is 3.41. The summed E-state index contributed by atoms with van der Waals surface area (Å²) in [6.45, 7) is 4.24. The van der Waals surface area contributed by atoms with Gasteiger partial charge in [-0.25, -0.2) is 4.68 Å². The van der Waals surface area contributed by atoms with Crippen LogP contribution in [0.4, 0.5) is 5.82 Å². The van der Waals surface area contributed by atoms with Crippen LogP contribution in [0, 0.1) is 6.92 Å². The van der Waals surface area contributed by atoms with Crippen molar-refractivity contribution in [1.82, 2.24) is 9.78 Å². The number of aryl methyl sites for hydroxylation is 2. The molecule has 1 aromatic heterocycles. The third kappa shape index (κ3) is 1.82. The Morgan fingerprint density at radius 2 is 2.38 bits per heavy atom. The van der Waals surface area contributed by atoms with Crippen molar-refractivity contribution in [2.24, 2.45) is 0 Å². The van der Waals surface area contributed by atoms with E-state index in [1.54, 1.807) is 0 Å². The molecule has 1 aliphatic rings. The van der Waals surface area contributed by atoms with Crippen LogP contribution in [0.15, 0.2) is 6.07 Å². The number of alkyl halides is 1. The number of nitrogens with zero attached hydrogens (tertiary/aromatic N) is 3. The molecule has 1 unspecified atom stereocenters. The Balaban J connectivity index is 2.33. The highest BCUT2D eigenvalue weighted by atomic mass is 127. The van der Waals surface area contributed by atoms with Crippen molar-refractivity contribution >= 4 is 28.4 Å². The predicted octanol–water partition coefficient (Wildman–Crippen LogP) is 1.84. The molecular formula is C9H14IN3. The van der Waals surface area contributed by atoms with E-state index in [2.05, 4.69) is 57.3 Å². The van der Waals surface area contributed by atoms with E-state index >= 15 is 0 Å². The highest BCUT2D eigenvalue weighted by Crippen LogP contribution is 2.22. The van der Waals surface area contributed by atoms with Crippen molar-refractivity contribution in [3.63, 3.8) is 0 Å². The van der Waals surface area contributed by atoms with Crippen LogP contribution in [0.25, 0.3) is 0 Å². The Hall–Kier alpha value is -0.260. The van der Waals surface area contributed by atoms with Crippen molar-refractivity contribution in [2.75, 3.05) is 18.5 Å². The Labute approximate surface area is 92.2 Å². The first-order chi connectivity index (χ1) is 6.16. The van der Waals surface area contributed by atoms with Crippen LogP contribution in [0.5, 0.6) is 0 Å². The number of halogens is 1. The van der Waals surface area contributed by atoms with Crippen molar-refractivity contribution in [3.05, 3.63) is 11.8 Å². The lowest BCUT2D eigenvalue weighted by atomic mass is 10.3. The van der Waals surface area contributed by atoms with E-state index in [9.17, 15) is 0 Å². The number of fused-ring (bicyclic) bond motifs is 1. The molecule has 0 bridgehead atoms. The predicted molar refractivity (Wildman–Crippen MR) is 62.7 cm³/mol. The molecule has 0 N–H and O–H groups in total. The van der Waals surface area contributed by atoms with Gasteiger partial charge in [-0.3, -0.25) is 0 Å². The monoisotopic (exact) mass is 291 g/mol. The molecule has 0 aromatic carbocycles. The summed E-state index contributed by atoms with van der Waals surface area (Å²) in [5.74, 6) is 1.26. The van der Waals surface area contributed by atoms with Crippen molar-refractivity contribution in [3.8, 4) is 0 Å². The van der Waals surface area contributed by atoms with Gasteiger partial charge in [-0.05, 0) is 13.3 Å². The fraction of sp³-hybridized carbons (Fsp3) is 0.667. The van der Waals surface area contributed by atoms with E-state index in [4.69, 9.17) is 0 Å². The van der Waals surface area contributed by atoms with E-state index in [0.717, 1.165) is 22.7 Å². The van der Waals surface area contributed by atoms with Gasteiger partial charge in [0.05, 0.1) is 5.69 Å². The zero-order valence-corrected chi connectivity index (χ0v) is 10.2. The summed E-state index contributed by atoms with van der Waals surface area (Å²) in [7, 11) is 2.14. The summed E-state index contributed by atoms with van der Waals surface area (Å²) in [5, 5.41) is 4.47. The van der Waals surface area contributed by atoms with Crippen LogP contribution >= 0.6 is 22.6 Å². The topological polar surface area (TPSA) is 21.1 Å². The Kier molecular flexibility index (Phi) is 2.49. The average molecular weight is 291 g/mol. The minimum Gasteiger partial charge on any atom is -0.359 e. The zero-order valence-electron chi connectivity index (χ0n) is 8.00. The molecular weight excluding hydrogens is 277 g/mol. The number of hydrogen-bond donors (Lipinski definition) is 0. The molecule has 2 rings (SSSR count). The van der Waals surface area contributed by atoms with Gasteiger partial charge in [0.1, 0.15) is 5.82 Å². The van der Waals surface area contributed by atoms with Crippen LogP contribution < -0.4 is 4.90 Å². The highest BCUT2D eigenvalue weighted by Gasteiger charge is 2.18. The summed E-state index contributed by atoms with van der Waals surface area (Å²) in [4.78, 5) is 2.30. The van der Waals surface area contributed by atoms with Gasteiger partial charge < -0.3 is 4.90 Å². The second-order valence-corrected chi connectivity index (χ2v) is 5.40. The second kappa shape index (κ2) is 3.48. The lowest BCUT2D eigenvalue weighted by Gasteiger charge is -2.17. The van der Waals surface area contributed by atoms with Gasteiger partial charge in [0, 0.05) is 30.1 Å². The molecule has 13 heavy (non-hydrogen) atoms. The van der Waals surface area contributed by atoms with Gasteiger partial charge in [0.2, 0.25) is 0 Å². The van der Waals surface area contributed by atoms with Crippen molar-refractivity contribution in [2.45, 2.75) is 23.8 Å². The van der Waals surface area contributed by atoms with Gasteiger partial charge in [0.15, 0.2) is 0 Å². The van der Waals surface area contributed by atoms with Gasteiger partial charge >= 0.3 is 0 Å². The van der Waals surface area contributed by atoms with E-state index in [0.29, 0.717) is 0 Å². The molecule has 1 atom stereocenters. The number of rotatable bonds is 0. The standard InChI is InChI=1S/C9H14IN3/c1-7-5-9-12(2)6-8(10)3-4-13(9)11-7/h5,8H,3-4,6H2,1-2H3. The van der Waals surface area contributed by atoms with Gasteiger partial charge in [-0.15, -0.1) is 0 Å². The minimum atomic E-state index is 0.740. The zero-order chi connectivity index (χ0) is 9.42.